The number of ether oxygens (including phenoxy) is 1. The van der Waals surface area contributed by atoms with E-state index in [1.807, 2.05) is 24.3 Å². The van der Waals surface area contributed by atoms with Crippen molar-refractivity contribution in [1.29, 1.82) is 0 Å². The van der Waals surface area contributed by atoms with E-state index < -0.39 is 5.97 Å². The molecule has 0 atom stereocenters. The van der Waals surface area contributed by atoms with E-state index in [2.05, 4.69) is 22.9 Å². The van der Waals surface area contributed by atoms with Crippen LogP contribution in [0.2, 0.25) is 0 Å². The van der Waals surface area contributed by atoms with Crippen molar-refractivity contribution in [2.45, 2.75) is 13.3 Å². The lowest BCUT2D eigenvalue weighted by Crippen LogP contribution is -1.96. The van der Waals surface area contributed by atoms with E-state index in [9.17, 15) is 4.79 Å². The normalized spacial score (nSPS) is 10.2. The third-order valence-electron chi connectivity index (χ3n) is 2.69. The monoisotopic (exact) mass is 320 g/mol. The van der Waals surface area contributed by atoms with Crippen LogP contribution in [0.15, 0.2) is 46.9 Å². The number of aryl methyl sites for hydroxylation is 1. The molecular weight excluding hydrogens is 308 g/mol. The summed E-state index contributed by atoms with van der Waals surface area (Å²) in [4.78, 5) is 11.0. The first kappa shape index (κ1) is 13.6. The van der Waals surface area contributed by atoms with Crippen LogP contribution in [0.4, 0.5) is 0 Å². The molecule has 0 aliphatic carbocycles. The summed E-state index contributed by atoms with van der Waals surface area (Å²) in [6.45, 7) is 2.09. The molecule has 0 bridgehead atoms. The highest BCUT2D eigenvalue weighted by Crippen LogP contribution is 2.26. The van der Waals surface area contributed by atoms with Crippen LogP contribution < -0.4 is 4.74 Å². The predicted octanol–water partition coefficient (Wildman–Crippen LogP) is 4.50. The number of halogens is 1. The van der Waals surface area contributed by atoms with Crippen molar-refractivity contribution in [1.82, 2.24) is 0 Å². The van der Waals surface area contributed by atoms with Crippen LogP contribution in [-0.4, -0.2) is 11.1 Å². The zero-order chi connectivity index (χ0) is 13.8. The Labute approximate surface area is 120 Å². The first-order valence-corrected chi connectivity index (χ1v) is 6.68. The van der Waals surface area contributed by atoms with Gasteiger partial charge in [0.1, 0.15) is 11.5 Å². The van der Waals surface area contributed by atoms with Gasteiger partial charge in [0.25, 0.3) is 0 Å². The molecule has 98 valence electrons. The SMILES string of the molecule is CCc1ccc(Oc2cc(Br)cc(C(=O)O)c2)cc1. The summed E-state index contributed by atoms with van der Waals surface area (Å²) in [5.74, 6) is 0.204. The lowest BCUT2D eigenvalue weighted by molar-refractivity contribution is 0.0696. The van der Waals surface area contributed by atoms with E-state index in [1.165, 1.54) is 17.7 Å². The summed E-state index contributed by atoms with van der Waals surface area (Å²) >= 11 is 3.27. The third-order valence-corrected chi connectivity index (χ3v) is 3.14. The Morgan fingerprint density at radius 1 is 1.16 bits per heavy atom. The highest BCUT2D eigenvalue weighted by atomic mass is 79.9. The number of carbonyl (C=O) groups is 1. The summed E-state index contributed by atoms with van der Waals surface area (Å²) in [6.07, 6.45) is 0.973. The molecule has 0 aromatic heterocycles. The van der Waals surface area contributed by atoms with Gasteiger partial charge in [0.2, 0.25) is 0 Å². The molecule has 0 aliphatic heterocycles. The van der Waals surface area contributed by atoms with Crippen LogP contribution in [0, 0.1) is 0 Å². The number of hydrogen-bond acceptors (Lipinski definition) is 2. The zero-order valence-electron chi connectivity index (χ0n) is 10.4. The van der Waals surface area contributed by atoms with E-state index in [0.717, 1.165) is 6.42 Å². The van der Waals surface area contributed by atoms with Gasteiger partial charge in [-0.2, -0.15) is 0 Å². The third kappa shape index (κ3) is 3.58. The summed E-state index contributed by atoms with van der Waals surface area (Å²) < 4.78 is 6.33. The van der Waals surface area contributed by atoms with Crippen LogP contribution in [0.25, 0.3) is 0 Å². The minimum absolute atomic E-state index is 0.189. The van der Waals surface area contributed by atoms with Gasteiger partial charge in [-0.05, 0) is 42.3 Å². The first-order valence-electron chi connectivity index (χ1n) is 5.89. The van der Waals surface area contributed by atoms with E-state index in [0.29, 0.717) is 16.0 Å². The van der Waals surface area contributed by atoms with Crippen molar-refractivity contribution in [2.75, 3.05) is 0 Å². The molecule has 0 radical (unpaired) electrons. The average molecular weight is 321 g/mol. The largest absolute Gasteiger partial charge is 0.478 e. The Kier molecular flexibility index (Phi) is 4.22. The van der Waals surface area contributed by atoms with Crippen LogP contribution >= 0.6 is 15.9 Å². The van der Waals surface area contributed by atoms with Crippen LogP contribution in [0.5, 0.6) is 11.5 Å². The van der Waals surface area contributed by atoms with E-state index in [4.69, 9.17) is 9.84 Å². The van der Waals surface area contributed by atoms with Crippen LogP contribution in [0.1, 0.15) is 22.8 Å². The molecule has 2 rings (SSSR count). The highest BCUT2D eigenvalue weighted by Gasteiger charge is 2.07. The number of hydrogen-bond donors (Lipinski definition) is 1. The minimum Gasteiger partial charge on any atom is -0.478 e. The summed E-state index contributed by atoms with van der Waals surface area (Å²) in [5, 5.41) is 8.99. The molecule has 1 N–H and O–H groups in total. The Morgan fingerprint density at radius 2 is 1.84 bits per heavy atom. The fourth-order valence-electron chi connectivity index (χ4n) is 1.67. The maximum Gasteiger partial charge on any atom is 0.335 e. The molecule has 0 heterocycles. The quantitative estimate of drug-likeness (QED) is 0.902. The number of carboxylic acid groups (broad SMARTS) is 1. The fourth-order valence-corrected chi connectivity index (χ4v) is 2.15. The number of aromatic carboxylic acids is 1. The Balaban J connectivity index is 2.24. The summed E-state index contributed by atoms with van der Waals surface area (Å²) in [5.41, 5.74) is 1.42. The van der Waals surface area contributed by atoms with Crippen molar-refractivity contribution >= 4 is 21.9 Å². The van der Waals surface area contributed by atoms with Gasteiger partial charge in [0, 0.05) is 4.47 Å². The highest BCUT2D eigenvalue weighted by molar-refractivity contribution is 9.10. The zero-order valence-corrected chi connectivity index (χ0v) is 12.0. The molecule has 0 spiro atoms. The molecule has 0 saturated heterocycles. The van der Waals surface area contributed by atoms with Gasteiger partial charge in [-0.25, -0.2) is 4.79 Å². The standard InChI is InChI=1S/C15H13BrO3/c1-2-10-3-5-13(6-4-10)19-14-8-11(15(17)18)7-12(16)9-14/h3-9H,2H2,1H3,(H,17,18). The second kappa shape index (κ2) is 5.89. The topological polar surface area (TPSA) is 46.5 Å². The van der Waals surface area contributed by atoms with Gasteiger partial charge >= 0.3 is 5.97 Å². The minimum atomic E-state index is -0.979. The molecule has 2 aromatic rings. The van der Waals surface area contributed by atoms with Gasteiger partial charge in [0.05, 0.1) is 5.56 Å². The molecule has 0 fully saturated rings. The molecule has 4 heteroatoms. The fraction of sp³-hybridized carbons (Fsp3) is 0.133. The van der Waals surface area contributed by atoms with Crippen molar-refractivity contribution in [3.05, 3.63) is 58.1 Å². The smallest absolute Gasteiger partial charge is 0.335 e. The van der Waals surface area contributed by atoms with E-state index >= 15 is 0 Å². The predicted molar refractivity (Wildman–Crippen MR) is 77.0 cm³/mol. The maximum atomic E-state index is 11.0. The first-order chi connectivity index (χ1) is 9.08. The summed E-state index contributed by atoms with van der Waals surface area (Å²) in [6, 6.07) is 12.5. The van der Waals surface area contributed by atoms with Gasteiger partial charge in [-0.3, -0.25) is 0 Å². The van der Waals surface area contributed by atoms with Crippen molar-refractivity contribution in [2.24, 2.45) is 0 Å². The van der Waals surface area contributed by atoms with Crippen molar-refractivity contribution < 1.29 is 14.6 Å². The van der Waals surface area contributed by atoms with Gasteiger partial charge in [-0.1, -0.05) is 35.0 Å². The maximum absolute atomic E-state index is 11.0. The number of carboxylic acids is 1. The lowest BCUT2D eigenvalue weighted by Gasteiger charge is -2.08. The van der Waals surface area contributed by atoms with Crippen molar-refractivity contribution in [3.8, 4) is 11.5 Å². The number of benzene rings is 2. The average Bonchev–Trinajstić information content (AvgIpc) is 2.39. The van der Waals surface area contributed by atoms with Gasteiger partial charge in [0.15, 0.2) is 0 Å². The molecular formula is C15H13BrO3. The van der Waals surface area contributed by atoms with Crippen LogP contribution in [-0.2, 0) is 6.42 Å². The Hall–Kier alpha value is -1.81. The molecule has 3 nitrogen and oxygen atoms in total. The second-order valence-corrected chi connectivity index (χ2v) is 5.00. The van der Waals surface area contributed by atoms with Gasteiger partial charge in [-0.15, -0.1) is 0 Å². The van der Waals surface area contributed by atoms with Gasteiger partial charge < -0.3 is 9.84 Å². The van der Waals surface area contributed by atoms with Crippen LogP contribution in [0.3, 0.4) is 0 Å². The molecule has 0 saturated carbocycles. The molecule has 19 heavy (non-hydrogen) atoms. The second-order valence-electron chi connectivity index (χ2n) is 4.08. The molecule has 0 amide bonds. The lowest BCUT2D eigenvalue weighted by atomic mass is 10.2. The van der Waals surface area contributed by atoms with E-state index in [-0.39, 0.29) is 5.56 Å². The molecule has 2 aromatic carbocycles. The number of rotatable bonds is 4. The van der Waals surface area contributed by atoms with Crippen molar-refractivity contribution in [3.63, 3.8) is 0 Å². The Bertz CT molecular complexity index is 591. The Morgan fingerprint density at radius 3 is 2.42 bits per heavy atom. The summed E-state index contributed by atoms with van der Waals surface area (Å²) in [7, 11) is 0. The molecule has 0 aliphatic rings. The molecule has 0 unspecified atom stereocenters. The van der Waals surface area contributed by atoms with E-state index in [1.54, 1.807) is 6.07 Å².